The maximum atomic E-state index is 12.3. The Bertz CT molecular complexity index is 416. The minimum atomic E-state index is 0.184. The maximum Gasteiger partial charge on any atom is 0.229 e. The van der Waals surface area contributed by atoms with Crippen LogP contribution in [-0.4, -0.2) is 27.9 Å². The number of amides is 1. The van der Waals surface area contributed by atoms with E-state index in [4.69, 9.17) is 5.73 Å². The first-order valence-corrected chi connectivity index (χ1v) is 6.63. The molecule has 0 radical (unpaired) electrons. The summed E-state index contributed by atoms with van der Waals surface area (Å²) in [7, 11) is 0. The van der Waals surface area contributed by atoms with E-state index in [1.807, 2.05) is 11.0 Å². The van der Waals surface area contributed by atoms with Crippen molar-refractivity contribution in [2.24, 2.45) is 0 Å². The van der Waals surface area contributed by atoms with Gasteiger partial charge in [-0.3, -0.25) is 9.78 Å². The summed E-state index contributed by atoms with van der Waals surface area (Å²) in [6, 6.07) is 4.38. The Morgan fingerprint density at radius 3 is 2.89 bits per heavy atom. The third kappa shape index (κ3) is 2.63. The molecule has 2 heterocycles. The number of aromatic nitrogens is 1. The van der Waals surface area contributed by atoms with Gasteiger partial charge in [0.2, 0.25) is 5.91 Å². The van der Waals surface area contributed by atoms with E-state index >= 15 is 0 Å². The second-order valence-corrected chi connectivity index (χ2v) is 5.05. The lowest BCUT2D eigenvalue weighted by Crippen LogP contribution is -2.40. The first-order chi connectivity index (χ1) is 8.61. The lowest BCUT2D eigenvalue weighted by Gasteiger charge is -2.28. The van der Waals surface area contributed by atoms with E-state index < -0.39 is 0 Å². The lowest BCUT2D eigenvalue weighted by molar-refractivity contribution is -0.133. The molecule has 1 aromatic rings. The Kier molecular flexibility index (Phi) is 3.84. The summed E-state index contributed by atoms with van der Waals surface area (Å²) < 4.78 is 0. The van der Waals surface area contributed by atoms with Gasteiger partial charge in [0, 0.05) is 17.8 Å². The lowest BCUT2D eigenvalue weighted by atomic mass is 10.1. The van der Waals surface area contributed by atoms with Crippen LogP contribution in [0.2, 0.25) is 0 Å². The minimum Gasteiger partial charge on any atom is -0.397 e. The van der Waals surface area contributed by atoms with Gasteiger partial charge in [-0.15, -0.1) is 0 Å². The second kappa shape index (κ2) is 5.38. The van der Waals surface area contributed by atoms with E-state index in [1.165, 1.54) is 0 Å². The van der Waals surface area contributed by atoms with E-state index in [-0.39, 0.29) is 5.91 Å². The smallest absolute Gasteiger partial charge is 0.229 e. The molecule has 2 unspecified atom stereocenters. The van der Waals surface area contributed by atoms with Gasteiger partial charge >= 0.3 is 0 Å². The third-order valence-electron chi connectivity index (χ3n) is 3.73. The Hall–Kier alpha value is -1.58. The quantitative estimate of drug-likeness (QED) is 0.888. The van der Waals surface area contributed by atoms with E-state index in [0.717, 1.165) is 25.0 Å². The molecule has 0 aromatic carbocycles. The monoisotopic (exact) mass is 247 g/mol. The van der Waals surface area contributed by atoms with Crippen LogP contribution in [0.15, 0.2) is 18.3 Å². The van der Waals surface area contributed by atoms with Gasteiger partial charge in [0.1, 0.15) is 0 Å². The largest absolute Gasteiger partial charge is 0.397 e. The summed E-state index contributed by atoms with van der Waals surface area (Å²) in [5.74, 6) is 0.184. The molecule has 98 valence electrons. The molecule has 1 aromatic heterocycles. The van der Waals surface area contributed by atoms with Crippen LogP contribution in [0, 0.1) is 0 Å². The average molecular weight is 247 g/mol. The third-order valence-corrected chi connectivity index (χ3v) is 3.73. The predicted octanol–water partition coefficient (Wildman–Crippen LogP) is 2.00. The van der Waals surface area contributed by atoms with Crippen LogP contribution in [0.1, 0.15) is 38.8 Å². The van der Waals surface area contributed by atoms with Crippen LogP contribution in [0.3, 0.4) is 0 Å². The highest BCUT2D eigenvalue weighted by Gasteiger charge is 2.32. The van der Waals surface area contributed by atoms with Crippen molar-refractivity contribution in [2.75, 3.05) is 5.73 Å². The van der Waals surface area contributed by atoms with Crippen molar-refractivity contribution in [1.29, 1.82) is 0 Å². The summed E-state index contributed by atoms with van der Waals surface area (Å²) in [6.07, 6.45) is 5.25. The van der Waals surface area contributed by atoms with Crippen LogP contribution in [0.4, 0.5) is 5.69 Å². The van der Waals surface area contributed by atoms with Crippen molar-refractivity contribution in [3.8, 4) is 0 Å². The van der Waals surface area contributed by atoms with Gasteiger partial charge in [0.15, 0.2) is 0 Å². The van der Waals surface area contributed by atoms with Crippen molar-refractivity contribution in [2.45, 2.75) is 51.6 Å². The van der Waals surface area contributed by atoms with Crippen molar-refractivity contribution >= 4 is 11.6 Å². The molecule has 1 fully saturated rings. The number of hydrogen-bond donors (Lipinski definition) is 1. The van der Waals surface area contributed by atoms with Gasteiger partial charge in [-0.25, -0.2) is 0 Å². The molecule has 2 rings (SSSR count). The SMILES string of the molecule is CCC1CCC(C)N1C(=O)Cc1ccc(N)cn1. The van der Waals surface area contributed by atoms with Gasteiger partial charge in [0.25, 0.3) is 0 Å². The molecule has 0 bridgehead atoms. The highest BCUT2D eigenvalue weighted by atomic mass is 16.2. The number of anilines is 1. The number of nitrogens with two attached hydrogens (primary N) is 1. The Morgan fingerprint density at radius 2 is 2.28 bits per heavy atom. The summed E-state index contributed by atoms with van der Waals surface area (Å²) in [6.45, 7) is 4.27. The molecular weight excluding hydrogens is 226 g/mol. The van der Waals surface area contributed by atoms with E-state index in [2.05, 4.69) is 18.8 Å². The molecule has 0 spiro atoms. The van der Waals surface area contributed by atoms with Gasteiger partial charge < -0.3 is 10.6 Å². The molecule has 1 aliphatic rings. The zero-order valence-corrected chi connectivity index (χ0v) is 11.1. The number of hydrogen-bond acceptors (Lipinski definition) is 3. The van der Waals surface area contributed by atoms with Gasteiger partial charge in [0.05, 0.1) is 18.3 Å². The van der Waals surface area contributed by atoms with Crippen molar-refractivity contribution in [1.82, 2.24) is 9.88 Å². The highest BCUT2D eigenvalue weighted by Crippen LogP contribution is 2.26. The van der Waals surface area contributed by atoms with Crippen LogP contribution >= 0.6 is 0 Å². The number of carbonyl (C=O) groups excluding carboxylic acids is 1. The average Bonchev–Trinajstić information content (AvgIpc) is 2.73. The Morgan fingerprint density at radius 1 is 1.50 bits per heavy atom. The van der Waals surface area contributed by atoms with Crippen LogP contribution in [-0.2, 0) is 11.2 Å². The summed E-state index contributed by atoms with van der Waals surface area (Å²) >= 11 is 0. The molecule has 18 heavy (non-hydrogen) atoms. The van der Waals surface area contributed by atoms with E-state index in [9.17, 15) is 4.79 Å². The fourth-order valence-electron chi connectivity index (χ4n) is 2.71. The van der Waals surface area contributed by atoms with Crippen LogP contribution in [0.5, 0.6) is 0 Å². The Balaban J connectivity index is 2.05. The molecule has 0 saturated carbocycles. The molecule has 2 N–H and O–H groups in total. The standard InChI is InChI=1S/C14H21N3O/c1-3-13-7-4-10(2)17(13)14(18)8-12-6-5-11(15)9-16-12/h5-6,9-10,13H,3-4,7-8,15H2,1-2H3. The number of carbonyl (C=O) groups is 1. The molecule has 1 saturated heterocycles. The van der Waals surface area contributed by atoms with Gasteiger partial charge in [-0.2, -0.15) is 0 Å². The van der Waals surface area contributed by atoms with Crippen LogP contribution < -0.4 is 5.73 Å². The summed E-state index contributed by atoms with van der Waals surface area (Å²) in [5, 5.41) is 0. The molecule has 1 aliphatic heterocycles. The molecule has 2 atom stereocenters. The second-order valence-electron chi connectivity index (χ2n) is 5.05. The Labute approximate surface area is 108 Å². The number of rotatable bonds is 3. The first kappa shape index (κ1) is 12.9. The highest BCUT2D eigenvalue weighted by molar-refractivity contribution is 5.79. The molecule has 1 amide bonds. The van der Waals surface area contributed by atoms with Crippen molar-refractivity contribution < 1.29 is 4.79 Å². The molecule has 0 aliphatic carbocycles. The van der Waals surface area contributed by atoms with Crippen LogP contribution in [0.25, 0.3) is 0 Å². The number of nitrogens with zero attached hydrogens (tertiary/aromatic N) is 2. The number of nitrogen functional groups attached to an aromatic ring is 1. The fraction of sp³-hybridized carbons (Fsp3) is 0.571. The van der Waals surface area contributed by atoms with Crippen molar-refractivity contribution in [3.63, 3.8) is 0 Å². The van der Waals surface area contributed by atoms with E-state index in [0.29, 0.717) is 24.2 Å². The first-order valence-electron chi connectivity index (χ1n) is 6.63. The fourth-order valence-corrected chi connectivity index (χ4v) is 2.71. The zero-order chi connectivity index (χ0) is 13.1. The zero-order valence-electron chi connectivity index (χ0n) is 11.1. The topological polar surface area (TPSA) is 59.2 Å². The number of pyridine rings is 1. The van der Waals surface area contributed by atoms with Gasteiger partial charge in [-0.1, -0.05) is 6.92 Å². The normalized spacial score (nSPS) is 23.3. The molecular formula is C14H21N3O. The van der Waals surface area contributed by atoms with Crippen molar-refractivity contribution in [3.05, 3.63) is 24.0 Å². The molecule has 4 heteroatoms. The minimum absolute atomic E-state index is 0.184. The van der Waals surface area contributed by atoms with Gasteiger partial charge in [-0.05, 0) is 38.3 Å². The maximum absolute atomic E-state index is 12.3. The number of likely N-dealkylation sites (tertiary alicyclic amines) is 1. The van der Waals surface area contributed by atoms with E-state index in [1.54, 1.807) is 12.3 Å². The summed E-state index contributed by atoms with van der Waals surface area (Å²) in [4.78, 5) is 18.6. The molecule has 4 nitrogen and oxygen atoms in total. The predicted molar refractivity (Wildman–Crippen MR) is 72.0 cm³/mol. The summed E-state index contributed by atoms with van der Waals surface area (Å²) in [5.41, 5.74) is 7.01.